The summed E-state index contributed by atoms with van der Waals surface area (Å²) in [4.78, 5) is 39.7. The summed E-state index contributed by atoms with van der Waals surface area (Å²) in [6.45, 7) is 5.17. The van der Waals surface area contributed by atoms with Crippen molar-refractivity contribution < 1.29 is 27.5 Å². The molecule has 10 heteroatoms. The molecule has 3 rings (SSSR count). The molecule has 2 heterocycles. The van der Waals surface area contributed by atoms with Gasteiger partial charge in [0.25, 0.3) is 5.91 Å². The number of nitrogens with zero attached hydrogens (tertiary/aromatic N) is 3. The van der Waals surface area contributed by atoms with Crippen LogP contribution in [0.1, 0.15) is 24.2 Å². The van der Waals surface area contributed by atoms with Gasteiger partial charge >= 0.3 is 6.09 Å². The van der Waals surface area contributed by atoms with Crippen molar-refractivity contribution in [1.29, 1.82) is 0 Å². The Labute approximate surface area is 163 Å². The zero-order valence-corrected chi connectivity index (χ0v) is 16.6. The Morgan fingerprint density at radius 2 is 1.64 bits per heavy atom. The number of rotatable bonds is 3. The molecule has 0 saturated carbocycles. The highest BCUT2D eigenvalue weighted by Crippen LogP contribution is 2.28. The Kier molecular flexibility index (Phi) is 5.59. The molecule has 3 amide bonds. The summed E-state index contributed by atoms with van der Waals surface area (Å²) in [5.74, 6) is -1.47. The van der Waals surface area contributed by atoms with Crippen LogP contribution in [0, 0.1) is 5.92 Å². The van der Waals surface area contributed by atoms with Crippen molar-refractivity contribution >= 4 is 33.6 Å². The van der Waals surface area contributed by atoms with E-state index in [1.807, 2.05) is 0 Å². The quantitative estimate of drug-likeness (QED) is 0.735. The fourth-order valence-electron chi connectivity index (χ4n) is 3.32. The van der Waals surface area contributed by atoms with Gasteiger partial charge in [-0.3, -0.25) is 9.59 Å². The molecule has 2 fully saturated rings. The summed E-state index contributed by atoms with van der Waals surface area (Å²) in [6, 6.07) is 5.97. The first-order valence-electron chi connectivity index (χ1n) is 9.12. The van der Waals surface area contributed by atoms with Gasteiger partial charge in [-0.2, -0.15) is 0 Å². The van der Waals surface area contributed by atoms with E-state index >= 15 is 0 Å². The van der Waals surface area contributed by atoms with Crippen LogP contribution in [0.15, 0.2) is 24.3 Å². The molecule has 152 valence electrons. The molecule has 0 N–H and O–H groups in total. The van der Waals surface area contributed by atoms with Crippen LogP contribution in [0.5, 0.6) is 0 Å². The summed E-state index contributed by atoms with van der Waals surface area (Å²) in [5.41, 5.74) is 0.628. The maximum absolute atomic E-state index is 12.7. The van der Waals surface area contributed by atoms with Gasteiger partial charge in [0, 0.05) is 31.7 Å². The first-order chi connectivity index (χ1) is 13.2. The number of ether oxygens (including phenoxy) is 1. The number of anilines is 1. The minimum atomic E-state index is -3.67. The smallest absolute Gasteiger partial charge is 0.409 e. The lowest BCUT2D eigenvalue weighted by Gasteiger charge is -2.34. The summed E-state index contributed by atoms with van der Waals surface area (Å²) < 4.78 is 30.1. The van der Waals surface area contributed by atoms with Gasteiger partial charge in [-0.25, -0.2) is 17.5 Å². The number of sulfonamides is 1. The van der Waals surface area contributed by atoms with Crippen molar-refractivity contribution in [2.24, 2.45) is 5.92 Å². The first kappa shape index (κ1) is 20.1. The summed E-state index contributed by atoms with van der Waals surface area (Å²) >= 11 is 0. The van der Waals surface area contributed by atoms with E-state index in [2.05, 4.69) is 0 Å². The third-order valence-corrected chi connectivity index (χ3v) is 6.67. The van der Waals surface area contributed by atoms with Gasteiger partial charge in [0.15, 0.2) is 0 Å². The van der Waals surface area contributed by atoms with Crippen LogP contribution in [0.4, 0.5) is 10.5 Å². The Hall–Kier alpha value is -2.62. The van der Waals surface area contributed by atoms with Crippen molar-refractivity contribution in [3.63, 3.8) is 0 Å². The molecule has 2 aliphatic heterocycles. The number of hydrogen-bond acceptors (Lipinski definition) is 6. The van der Waals surface area contributed by atoms with Crippen LogP contribution in [0.25, 0.3) is 0 Å². The van der Waals surface area contributed by atoms with Gasteiger partial charge in [0.2, 0.25) is 15.9 Å². The highest BCUT2D eigenvalue weighted by atomic mass is 32.2. The Morgan fingerprint density at radius 1 is 1.07 bits per heavy atom. The molecule has 0 radical (unpaired) electrons. The monoisotopic (exact) mass is 409 g/mol. The fraction of sp³-hybridized carbons (Fsp3) is 0.500. The second kappa shape index (κ2) is 7.78. The summed E-state index contributed by atoms with van der Waals surface area (Å²) in [7, 11) is -3.67. The maximum Gasteiger partial charge on any atom is 0.409 e. The van der Waals surface area contributed by atoms with Gasteiger partial charge in [-0.15, -0.1) is 0 Å². The van der Waals surface area contributed by atoms with Crippen LogP contribution in [0.2, 0.25) is 0 Å². The van der Waals surface area contributed by atoms with Gasteiger partial charge in [-0.05, 0) is 31.2 Å². The zero-order chi connectivity index (χ0) is 20.5. The average molecular weight is 409 g/mol. The predicted molar refractivity (Wildman–Crippen MR) is 101 cm³/mol. The molecule has 0 aliphatic carbocycles. The SMILES string of the molecule is CCOC(=O)N1CCN(C(=O)c2ccc(N3C(=O)[C@@H](C)CS3(=O)=O)cc2)CC1. The van der Waals surface area contributed by atoms with Gasteiger partial charge < -0.3 is 14.5 Å². The van der Waals surface area contributed by atoms with Crippen molar-refractivity contribution in [2.75, 3.05) is 42.8 Å². The maximum atomic E-state index is 12.7. The van der Waals surface area contributed by atoms with E-state index in [-0.39, 0.29) is 23.4 Å². The summed E-state index contributed by atoms with van der Waals surface area (Å²) in [5, 5.41) is 0. The number of carbonyl (C=O) groups is 3. The molecule has 1 aromatic rings. The Bertz CT molecular complexity index is 875. The van der Waals surface area contributed by atoms with Gasteiger partial charge in [-0.1, -0.05) is 6.92 Å². The van der Waals surface area contributed by atoms with Crippen LogP contribution in [-0.2, 0) is 19.6 Å². The van der Waals surface area contributed by atoms with E-state index in [0.29, 0.717) is 38.3 Å². The third kappa shape index (κ3) is 3.82. The molecule has 28 heavy (non-hydrogen) atoms. The second-order valence-electron chi connectivity index (χ2n) is 6.81. The average Bonchev–Trinajstić information content (AvgIpc) is 2.88. The normalized spacial score (nSPS) is 21.7. The minimum Gasteiger partial charge on any atom is -0.450 e. The molecule has 2 aliphatic rings. The van der Waals surface area contributed by atoms with Crippen LogP contribution in [-0.4, -0.2) is 74.7 Å². The highest BCUT2D eigenvalue weighted by molar-refractivity contribution is 7.94. The van der Waals surface area contributed by atoms with E-state index in [1.54, 1.807) is 23.6 Å². The topological polar surface area (TPSA) is 104 Å². The van der Waals surface area contributed by atoms with E-state index < -0.39 is 21.8 Å². The van der Waals surface area contributed by atoms with Crippen LogP contribution in [0.3, 0.4) is 0 Å². The van der Waals surface area contributed by atoms with E-state index in [0.717, 1.165) is 4.31 Å². The number of hydrogen-bond donors (Lipinski definition) is 0. The third-order valence-electron chi connectivity index (χ3n) is 4.80. The molecular weight excluding hydrogens is 386 g/mol. The Morgan fingerprint density at radius 3 is 2.14 bits per heavy atom. The lowest BCUT2D eigenvalue weighted by molar-refractivity contribution is -0.119. The molecular formula is C18H23N3O6S. The van der Waals surface area contributed by atoms with Gasteiger partial charge in [0.1, 0.15) is 0 Å². The number of amides is 3. The molecule has 9 nitrogen and oxygen atoms in total. The molecule has 0 spiro atoms. The van der Waals surface area contributed by atoms with E-state index in [9.17, 15) is 22.8 Å². The van der Waals surface area contributed by atoms with E-state index in [1.165, 1.54) is 24.3 Å². The zero-order valence-electron chi connectivity index (χ0n) is 15.8. The number of piperazine rings is 1. The van der Waals surface area contributed by atoms with Crippen molar-refractivity contribution in [3.8, 4) is 0 Å². The molecule has 1 aromatic carbocycles. The predicted octanol–water partition coefficient (Wildman–Crippen LogP) is 0.913. The fourth-order valence-corrected chi connectivity index (χ4v) is 5.14. The largest absolute Gasteiger partial charge is 0.450 e. The highest BCUT2D eigenvalue weighted by Gasteiger charge is 2.42. The Balaban J connectivity index is 1.67. The minimum absolute atomic E-state index is 0.209. The molecule has 0 bridgehead atoms. The first-order valence-corrected chi connectivity index (χ1v) is 10.7. The van der Waals surface area contributed by atoms with Crippen molar-refractivity contribution in [3.05, 3.63) is 29.8 Å². The van der Waals surface area contributed by atoms with E-state index in [4.69, 9.17) is 4.74 Å². The second-order valence-corrected chi connectivity index (χ2v) is 8.67. The van der Waals surface area contributed by atoms with Crippen LogP contribution < -0.4 is 4.31 Å². The van der Waals surface area contributed by atoms with Crippen LogP contribution >= 0.6 is 0 Å². The number of benzene rings is 1. The van der Waals surface area contributed by atoms with Gasteiger partial charge in [0.05, 0.1) is 24.0 Å². The lowest BCUT2D eigenvalue weighted by Crippen LogP contribution is -2.50. The lowest BCUT2D eigenvalue weighted by atomic mass is 10.1. The standard InChI is InChI=1S/C18H23N3O6S/c1-3-27-18(24)20-10-8-19(9-11-20)17(23)14-4-6-15(7-5-14)21-16(22)13(2)12-28(21,25)26/h4-7,13H,3,8-12H2,1-2H3/t13-/m0/s1. The molecule has 2 saturated heterocycles. The van der Waals surface area contributed by atoms with Crippen molar-refractivity contribution in [1.82, 2.24) is 9.80 Å². The summed E-state index contributed by atoms with van der Waals surface area (Å²) in [6.07, 6.45) is -0.385. The molecule has 0 unspecified atom stereocenters. The molecule has 0 aromatic heterocycles. The number of carbonyl (C=O) groups excluding carboxylic acids is 3. The molecule has 1 atom stereocenters. The van der Waals surface area contributed by atoms with Crippen molar-refractivity contribution in [2.45, 2.75) is 13.8 Å².